The molecule has 3 heterocycles. The number of carbonyl (C=O) groups excluding carboxylic acids is 1. The van der Waals surface area contributed by atoms with Crippen molar-refractivity contribution in [2.75, 3.05) is 44.4 Å². The fourth-order valence-electron chi connectivity index (χ4n) is 6.23. The normalized spacial score (nSPS) is 16.5. The number of anilines is 1. The number of nitrogens with one attached hydrogen (secondary N) is 3. The van der Waals surface area contributed by atoms with Crippen molar-refractivity contribution in [2.24, 2.45) is 0 Å². The van der Waals surface area contributed by atoms with E-state index < -0.39 is 0 Å². The van der Waals surface area contributed by atoms with Gasteiger partial charge in [-0.3, -0.25) is 9.59 Å². The Hall–Kier alpha value is -2.59. The third kappa shape index (κ3) is 9.47. The summed E-state index contributed by atoms with van der Waals surface area (Å²) >= 11 is 0. The molecular weight excluding hydrogens is 635 g/mol. The SMILES string of the molecule is CCN(c1cc(-c2ccc(CC3CNCCO3)cc2)cc(C(=O)NCc2c(C)cc(C)[nH]c2=O)c1C)C1CCOCC1.Cl.Cl.Cl. The number of pyridine rings is 1. The first kappa shape index (κ1) is 38.6. The van der Waals surface area contributed by atoms with Gasteiger partial charge in [0.2, 0.25) is 0 Å². The second-order valence-electron chi connectivity index (χ2n) is 11.5. The van der Waals surface area contributed by atoms with Crippen LogP contribution in [0.15, 0.2) is 47.3 Å². The van der Waals surface area contributed by atoms with Gasteiger partial charge in [0, 0.05) is 67.9 Å². The minimum Gasteiger partial charge on any atom is -0.381 e. The first-order valence-corrected chi connectivity index (χ1v) is 15.2. The molecule has 8 nitrogen and oxygen atoms in total. The van der Waals surface area contributed by atoms with Crippen molar-refractivity contribution in [3.05, 3.63) is 86.3 Å². The Kier molecular flexibility index (Phi) is 15.4. The van der Waals surface area contributed by atoms with Gasteiger partial charge in [0.15, 0.2) is 0 Å². The molecular formula is C34H47Cl3N4O4. The average Bonchev–Trinajstić information content (AvgIpc) is 2.99. The van der Waals surface area contributed by atoms with Crippen molar-refractivity contribution >= 4 is 48.8 Å². The van der Waals surface area contributed by atoms with Crippen LogP contribution in [0.1, 0.15) is 58.1 Å². The van der Waals surface area contributed by atoms with Crippen molar-refractivity contribution in [3.8, 4) is 11.1 Å². The van der Waals surface area contributed by atoms with Crippen LogP contribution < -0.4 is 21.1 Å². The van der Waals surface area contributed by atoms with Crippen LogP contribution in [0.3, 0.4) is 0 Å². The summed E-state index contributed by atoms with van der Waals surface area (Å²) < 4.78 is 11.5. The Morgan fingerprint density at radius 2 is 1.69 bits per heavy atom. The number of H-pyrrole nitrogens is 1. The third-order valence-electron chi connectivity index (χ3n) is 8.58. The fraction of sp³-hybridized carbons (Fsp3) is 0.471. The topological polar surface area (TPSA) is 95.7 Å². The van der Waals surface area contributed by atoms with Crippen LogP contribution in [0, 0.1) is 20.8 Å². The minimum absolute atomic E-state index is 0. The van der Waals surface area contributed by atoms with Crippen LogP contribution in [0.5, 0.6) is 0 Å². The summed E-state index contributed by atoms with van der Waals surface area (Å²) in [5.41, 5.74) is 8.02. The molecule has 5 rings (SSSR count). The lowest BCUT2D eigenvalue weighted by Crippen LogP contribution is -2.40. The van der Waals surface area contributed by atoms with Gasteiger partial charge in [0.1, 0.15) is 0 Å². The number of benzene rings is 2. The number of halogens is 3. The van der Waals surface area contributed by atoms with Crippen LogP contribution in [-0.4, -0.2) is 62.5 Å². The van der Waals surface area contributed by atoms with E-state index in [1.54, 1.807) is 0 Å². The predicted octanol–water partition coefficient (Wildman–Crippen LogP) is 5.70. The van der Waals surface area contributed by atoms with Gasteiger partial charge < -0.3 is 30.0 Å². The molecule has 3 aromatic rings. The molecule has 0 spiro atoms. The number of ether oxygens (including phenoxy) is 2. The van der Waals surface area contributed by atoms with E-state index in [2.05, 4.69) is 57.8 Å². The van der Waals surface area contributed by atoms with Gasteiger partial charge in [-0.15, -0.1) is 37.2 Å². The molecule has 45 heavy (non-hydrogen) atoms. The Morgan fingerprint density at radius 1 is 0.978 bits per heavy atom. The lowest BCUT2D eigenvalue weighted by Gasteiger charge is -2.37. The molecule has 3 N–H and O–H groups in total. The molecule has 2 fully saturated rings. The van der Waals surface area contributed by atoms with E-state index in [-0.39, 0.29) is 61.3 Å². The first-order valence-electron chi connectivity index (χ1n) is 15.2. The number of morpholine rings is 1. The van der Waals surface area contributed by atoms with Gasteiger partial charge in [-0.1, -0.05) is 24.3 Å². The maximum absolute atomic E-state index is 13.7. The Bertz CT molecular complexity index is 1450. The zero-order valence-corrected chi connectivity index (χ0v) is 29.0. The van der Waals surface area contributed by atoms with Gasteiger partial charge in [-0.05, 0) is 93.0 Å². The molecule has 1 aromatic heterocycles. The highest BCUT2D eigenvalue weighted by Gasteiger charge is 2.25. The molecule has 2 aliphatic heterocycles. The summed E-state index contributed by atoms with van der Waals surface area (Å²) in [7, 11) is 0. The standard InChI is InChI=1S/C34H44N4O4.3ClH/c1-5-38(28-10-13-41-14-11-28)32-19-27(26-8-6-25(7-9-26)17-29-20-35-12-15-42-29)18-30(24(32)4)33(39)36-21-31-22(2)16-23(3)37-34(31)40;;;/h6-9,16,18-19,28-29,35H,5,10-15,17,20-21H2,1-4H3,(H,36,39)(H,37,40);3*1H. The number of rotatable bonds is 9. The smallest absolute Gasteiger partial charge is 0.253 e. The highest BCUT2D eigenvalue weighted by atomic mass is 35.5. The van der Waals surface area contributed by atoms with Gasteiger partial charge in [0.25, 0.3) is 11.5 Å². The maximum Gasteiger partial charge on any atom is 0.253 e. The molecule has 0 aliphatic carbocycles. The summed E-state index contributed by atoms with van der Waals surface area (Å²) in [5.74, 6) is -0.184. The van der Waals surface area contributed by atoms with E-state index in [1.165, 1.54) is 5.56 Å². The summed E-state index contributed by atoms with van der Waals surface area (Å²) in [6.45, 7) is 13.0. The monoisotopic (exact) mass is 680 g/mol. The van der Waals surface area contributed by atoms with Crippen LogP contribution in [0.4, 0.5) is 5.69 Å². The number of carbonyl (C=O) groups is 1. The summed E-state index contributed by atoms with van der Waals surface area (Å²) in [6, 6.07) is 15.1. The Balaban J connectivity index is 0.00000235. The van der Waals surface area contributed by atoms with E-state index in [0.29, 0.717) is 17.2 Å². The number of aryl methyl sites for hydroxylation is 2. The number of hydrogen-bond acceptors (Lipinski definition) is 6. The molecule has 11 heteroatoms. The zero-order valence-electron chi connectivity index (χ0n) is 26.6. The Morgan fingerprint density at radius 3 is 2.31 bits per heavy atom. The molecule has 248 valence electrons. The summed E-state index contributed by atoms with van der Waals surface area (Å²) in [4.78, 5) is 31.6. The highest BCUT2D eigenvalue weighted by molar-refractivity contribution is 5.99. The van der Waals surface area contributed by atoms with E-state index in [1.807, 2.05) is 32.9 Å². The van der Waals surface area contributed by atoms with E-state index in [4.69, 9.17) is 9.47 Å². The predicted molar refractivity (Wildman–Crippen MR) is 189 cm³/mol. The van der Waals surface area contributed by atoms with Crippen molar-refractivity contribution < 1.29 is 14.3 Å². The highest BCUT2D eigenvalue weighted by Crippen LogP contribution is 2.34. The number of amides is 1. The van der Waals surface area contributed by atoms with Gasteiger partial charge in [-0.25, -0.2) is 0 Å². The fourth-order valence-corrected chi connectivity index (χ4v) is 6.23. The number of aromatic nitrogens is 1. The Labute approximate surface area is 285 Å². The largest absolute Gasteiger partial charge is 0.381 e. The second kappa shape index (κ2) is 17.9. The van der Waals surface area contributed by atoms with E-state index >= 15 is 0 Å². The van der Waals surface area contributed by atoms with Crippen molar-refractivity contribution in [1.29, 1.82) is 0 Å². The zero-order chi connectivity index (χ0) is 29.6. The van der Waals surface area contributed by atoms with E-state index in [0.717, 1.165) is 92.4 Å². The molecule has 0 saturated carbocycles. The molecule has 0 radical (unpaired) electrons. The minimum atomic E-state index is -0.184. The quantitative estimate of drug-likeness (QED) is 0.268. The molecule has 2 aliphatic rings. The van der Waals surface area contributed by atoms with E-state index in [9.17, 15) is 9.59 Å². The van der Waals surface area contributed by atoms with Crippen LogP contribution in [0.25, 0.3) is 11.1 Å². The van der Waals surface area contributed by atoms with Crippen molar-refractivity contribution in [3.63, 3.8) is 0 Å². The molecule has 2 aromatic carbocycles. The molecule has 1 atom stereocenters. The molecule has 1 amide bonds. The van der Waals surface area contributed by atoms with Crippen molar-refractivity contribution in [1.82, 2.24) is 15.6 Å². The molecule has 0 bridgehead atoms. The van der Waals surface area contributed by atoms with Gasteiger partial charge >= 0.3 is 0 Å². The van der Waals surface area contributed by atoms with Gasteiger partial charge in [0.05, 0.1) is 12.7 Å². The number of nitrogens with zero attached hydrogens (tertiary/aromatic N) is 1. The summed E-state index contributed by atoms with van der Waals surface area (Å²) in [6.07, 6.45) is 2.97. The number of aromatic amines is 1. The van der Waals surface area contributed by atoms with Gasteiger partial charge in [-0.2, -0.15) is 0 Å². The molecule has 1 unspecified atom stereocenters. The second-order valence-corrected chi connectivity index (χ2v) is 11.5. The molecule has 2 saturated heterocycles. The van der Waals surface area contributed by atoms with Crippen LogP contribution in [0.2, 0.25) is 0 Å². The lowest BCUT2D eigenvalue weighted by atomic mass is 9.94. The van der Waals surface area contributed by atoms with Crippen LogP contribution >= 0.6 is 37.2 Å². The lowest BCUT2D eigenvalue weighted by molar-refractivity contribution is 0.0292. The average molecular weight is 682 g/mol. The first-order chi connectivity index (χ1) is 20.3. The maximum atomic E-state index is 13.7. The number of hydrogen-bond donors (Lipinski definition) is 3. The van der Waals surface area contributed by atoms with Crippen molar-refractivity contribution in [2.45, 2.75) is 65.6 Å². The third-order valence-corrected chi connectivity index (χ3v) is 8.58. The van der Waals surface area contributed by atoms with Crippen LogP contribution in [-0.2, 0) is 22.4 Å². The summed E-state index contributed by atoms with van der Waals surface area (Å²) in [5, 5.41) is 6.44.